The van der Waals surface area contributed by atoms with E-state index in [2.05, 4.69) is 33.9 Å². The van der Waals surface area contributed by atoms with E-state index < -0.39 is 5.97 Å². The number of carbonyl (C=O) groups is 3. The summed E-state index contributed by atoms with van der Waals surface area (Å²) in [5, 5.41) is 0. The number of methoxy groups -OCH3 is 1. The summed E-state index contributed by atoms with van der Waals surface area (Å²) in [6.45, 7) is 13.5. The van der Waals surface area contributed by atoms with Crippen LogP contribution in [0, 0.1) is 0 Å². The summed E-state index contributed by atoms with van der Waals surface area (Å²) in [4.78, 5) is 29.9. The summed E-state index contributed by atoms with van der Waals surface area (Å²) in [6, 6.07) is 0. The monoisotopic (exact) mass is 300 g/mol. The predicted molar refractivity (Wildman–Crippen MR) is 80.2 cm³/mol. The molecule has 0 aliphatic heterocycles. The fraction of sp³-hybridized carbons (Fsp3) is 0.400. The Morgan fingerprint density at radius 1 is 1.05 bits per heavy atom. The molecule has 6 heteroatoms. The van der Waals surface area contributed by atoms with Gasteiger partial charge in [0.05, 0.1) is 20.0 Å². The minimum atomic E-state index is -0.394. The first-order valence-corrected chi connectivity index (χ1v) is 6.17. The Kier molecular flexibility index (Phi) is 22.5. The number of carbonyl (C=O) groups excluding carboxylic acids is 3. The number of unbranched alkanes of at least 4 members (excludes halogenated alkanes) is 1. The van der Waals surface area contributed by atoms with Crippen LogP contribution in [-0.4, -0.2) is 31.6 Å². The van der Waals surface area contributed by atoms with Crippen molar-refractivity contribution in [2.75, 3.05) is 13.7 Å². The van der Waals surface area contributed by atoms with E-state index in [9.17, 15) is 14.4 Å². The van der Waals surface area contributed by atoms with Gasteiger partial charge in [0.2, 0.25) is 0 Å². The van der Waals surface area contributed by atoms with Crippen LogP contribution in [-0.2, 0) is 28.6 Å². The van der Waals surface area contributed by atoms with Crippen LogP contribution in [0.25, 0.3) is 0 Å². The van der Waals surface area contributed by atoms with Crippen molar-refractivity contribution in [1.82, 2.24) is 0 Å². The van der Waals surface area contributed by atoms with Crippen molar-refractivity contribution in [3.63, 3.8) is 0 Å². The molecule has 0 amide bonds. The molecule has 0 radical (unpaired) electrons. The van der Waals surface area contributed by atoms with Gasteiger partial charge in [0.25, 0.3) is 0 Å². The first-order valence-electron chi connectivity index (χ1n) is 6.17. The maximum Gasteiger partial charge on any atom is 0.330 e. The lowest BCUT2D eigenvalue weighted by molar-refractivity contribution is -0.138. The van der Waals surface area contributed by atoms with Gasteiger partial charge < -0.3 is 14.2 Å². The van der Waals surface area contributed by atoms with Gasteiger partial charge in [-0.05, 0) is 6.42 Å². The lowest BCUT2D eigenvalue weighted by Crippen LogP contribution is -2.00. The maximum absolute atomic E-state index is 10.3. The molecule has 0 fully saturated rings. The topological polar surface area (TPSA) is 78.9 Å². The molecule has 0 N–H and O–H groups in total. The van der Waals surface area contributed by atoms with Gasteiger partial charge in [-0.1, -0.05) is 33.1 Å². The zero-order chi connectivity index (χ0) is 17.1. The zero-order valence-corrected chi connectivity index (χ0v) is 12.9. The van der Waals surface area contributed by atoms with Gasteiger partial charge in [-0.3, -0.25) is 4.79 Å². The number of esters is 3. The number of ether oxygens (including phenoxy) is 3. The third-order valence-electron chi connectivity index (χ3n) is 1.53. The highest BCUT2D eigenvalue weighted by molar-refractivity contribution is 5.81. The second-order valence-electron chi connectivity index (χ2n) is 3.23. The van der Waals surface area contributed by atoms with E-state index >= 15 is 0 Å². The Hall–Kier alpha value is -2.37. The van der Waals surface area contributed by atoms with Crippen LogP contribution in [0.1, 0.15) is 26.7 Å². The van der Waals surface area contributed by atoms with Crippen LogP contribution >= 0.6 is 0 Å². The molecule has 0 rings (SSSR count). The van der Waals surface area contributed by atoms with E-state index in [-0.39, 0.29) is 11.9 Å². The summed E-state index contributed by atoms with van der Waals surface area (Å²) in [6.07, 6.45) is 5.36. The normalized spacial score (nSPS) is 7.57. The molecule has 0 atom stereocenters. The minimum absolute atomic E-state index is 0.329. The molecule has 0 unspecified atom stereocenters. The quantitative estimate of drug-likeness (QED) is 0.246. The highest BCUT2D eigenvalue weighted by atomic mass is 16.5. The first-order chi connectivity index (χ1) is 9.89. The highest BCUT2D eigenvalue weighted by Gasteiger charge is 1.91. The van der Waals surface area contributed by atoms with Gasteiger partial charge in [0.15, 0.2) is 0 Å². The summed E-state index contributed by atoms with van der Waals surface area (Å²) in [5.41, 5.74) is 0. The fourth-order valence-corrected chi connectivity index (χ4v) is 0.577. The van der Waals surface area contributed by atoms with Gasteiger partial charge in [0, 0.05) is 19.1 Å². The van der Waals surface area contributed by atoms with Crippen LogP contribution in [0.15, 0.2) is 38.2 Å². The minimum Gasteiger partial charge on any atom is -0.466 e. The molecule has 0 saturated carbocycles. The molecular formula is C15H24O6. The van der Waals surface area contributed by atoms with Crippen molar-refractivity contribution in [1.29, 1.82) is 0 Å². The largest absolute Gasteiger partial charge is 0.466 e. The molecule has 0 bridgehead atoms. The Labute approximate surface area is 126 Å². The average molecular weight is 300 g/mol. The maximum atomic E-state index is 10.3. The second-order valence-corrected chi connectivity index (χ2v) is 3.23. The lowest BCUT2D eigenvalue weighted by Gasteiger charge is -1.97. The zero-order valence-electron chi connectivity index (χ0n) is 12.9. The molecule has 0 aliphatic carbocycles. The molecule has 120 valence electrons. The Balaban J connectivity index is -0.000000240. The molecule has 6 nitrogen and oxygen atoms in total. The van der Waals surface area contributed by atoms with Gasteiger partial charge in [-0.2, -0.15) is 0 Å². The SMILES string of the molecule is C=CC(=O)OC.C=CC(=O)OCCCC.C=COC(C)=O. The molecule has 0 spiro atoms. The van der Waals surface area contributed by atoms with Crippen molar-refractivity contribution >= 4 is 17.9 Å². The molecule has 0 aromatic rings. The van der Waals surface area contributed by atoms with Gasteiger partial charge in [0.1, 0.15) is 0 Å². The average Bonchev–Trinajstić information content (AvgIpc) is 2.47. The third-order valence-corrected chi connectivity index (χ3v) is 1.53. The lowest BCUT2D eigenvalue weighted by atomic mass is 10.4. The van der Waals surface area contributed by atoms with Crippen LogP contribution in [0.3, 0.4) is 0 Å². The smallest absolute Gasteiger partial charge is 0.330 e. The summed E-state index contributed by atoms with van der Waals surface area (Å²) < 4.78 is 13.0. The molecule has 0 aliphatic rings. The van der Waals surface area contributed by atoms with E-state index in [1.807, 2.05) is 6.92 Å². The standard InChI is InChI=1S/C7H12O2.2C4H6O2/c1-3-5-6-9-7(8)4-2;1-3-4(5)6-2;1-3-6-4(2)5/h4H,2-3,5-6H2,1H3;2*3H,1H2,2H3. The fourth-order valence-electron chi connectivity index (χ4n) is 0.577. The van der Waals surface area contributed by atoms with Crippen molar-refractivity contribution in [2.45, 2.75) is 26.7 Å². The summed E-state index contributed by atoms with van der Waals surface area (Å²) >= 11 is 0. The van der Waals surface area contributed by atoms with Gasteiger partial charge >= 0.3 is 17.9 Å². The third kappa shape index (κ3) is 31.8. The first kappa shape index (κ1) is 23.7. The van der Waals surface area contributed by atoms with E-state index in [1.165, 1.54) is 20.1 Å². The summed E-state index contributed by atoms with van der Waals surface area (Å²) in [5.74, 6) is -1.05. The van der Waals surface area contributed by atoms with Gasteiger partial charge in [-0.25, -0.2) is 9.59 Å². The van der Waals surface area contributed by atoms with Crippen molar-refractivity contribution in [3.05, 3.63) is 38.2 Å². The number of hydrogen-bond donors (Lipinski definition) is 0. The molecular weight excluding hydrogens is 276 g/mol. The molecule has 0 aromatic carbocycles. The van der Waals surface area contributed by atoms with Crippen LogP contribution < -0.4 is 0 Å². The number of rotatable bonds is 6. The van der Waals surface area contributed by atoms with Crippen molar-refractivity contribution in [3.8, 4) is 0 Å². The van der Waals surface area contributed by atoms with E-state index in [0.29, 0.717) is 6.61 Å². The van der Waals surface area contributed by atoms with Crippen molar-refractivity contribution in [2.24, 2.45) is 0 Å². The van der Waals surface area contributed by atoms with Crippen LogP contribution in [0.4, 0.5) is 0 Å². The van der Waals surface area contributed by atoms with Crippen LogP contribution in [0.2, 0.25) is 0 Å². The van der Waals surface area contributed by atoms with Gasteiger partial charge in [-0.15, -0.1) is 0 Å². The van der Waals surface area contributed by atoms with Crippen LogP contribution in [0.5, 0.6) is 0 Å². The van der Waals surface area contributed by atoms with E-state index in [4.69, 9.17) is 0 Å². The molecule has 0 saturated heterocycles. The Morgan fingerprint density at radius 2 is 1.57 bits per heavy atom. The van der Waals surface area contributed by atoms with E-state index in [0.717, 1.165) is 25.2 Å². The predicted octanol–water partition coefficient (Wildman–Crippen LogP) is 2.55. The molecule has 0 aromatic heterocycles. The Bertz CT molecular complexity index is 333. The summed E-state index contributed by atoms with van der Waals surface area (Å²) in [7, 11) is 1.31. The molecule has 21 heavy (non-hydrogen) atoms. The van der Waals surface area contributed by atoms with Crippen molar-refractivity contribution < 1.29 is 28.6 Å². The molecule has 0 heterocycles. The highest BCUT2D eigenvalue weighted by Crippen LogP contribution is 1.88. The Morgan fingerprint density at radius 3 is 1.76 bits per heavy atom. The van der Waals surface area contributed by atoms with E-state index in [1.54, 1.807) is 0 Å². The second kappa shape index (κ2) is 20.0. The number of hydrogen-bond acceptors (Lipinski definition) is 6.